The highest BCUT2D eigenvalue weighted by Crippen LogP contribution is 2.54. The predicted molar refractivity (Wildman–Crippen MR) is 62.5 cm³/mol. The summed E-state index contributed by atoms with van der Waals surface area (Å²) in [6.45, 7) is 10.3. The fourth-order valence-corrected chi connectivity index (χ4v) is 3.20. The zero-order valence-electron chi connectivity index (χ0n) is 11.6. The van der Waals surface area contributed by atoms with Gasteiger partial charge in [0.1, 0.15) is 15.7 Å². The second-order valence-corrected chi connectivity index (χ2v) is 5.53. The van der Waals surface area contributed by atoms with E-state index in [0.29, 0.717) is 37.6 Å². The predicted octanol–water partition coefficient (Wildman–Crippen LogP) is -1.26. The third-order valence-electron chi connectivity index (χ3n) is 3.13. The minimum absolute atomic E-state index is 0.565. The van der Waals surface area contributed by atoms with Crippen molar-refractivity contribution >= 4 is 11.6 Å². The van der Waals surface area contributed by atoms with Gasteiger partial charge >= 0.3 is 5.06 Å². The standard InChI is InChI=1S/C11H20Cl2N2O4/c1-5-14(6-2)9-10(15(7-3)8-4)11(9,12)19-13(16,17)18/h5-8H2,1-4H3. The van der Waals surface area contributed by atoms with E-state index in [2.05, 4.69) is 4.29 Å². The molecule has 0 radical (unpaired) electrons. The lowest BCUT2D eigenvalue weighted by molar-refractivity contribution is -1.92. The van der Waals surface area contributed by atoms with Crippen molar-refractivity contribution in [3.63, 3.8) is 0 Å². The maximum absolute atomic E-state index is 10.8. The number of alkyl halides is 1. The largest absolute Gasteiger partial charge is 0.379 e. The van der Waals surface area contributed by atoms with E-state index < -0.39 is 15.3 Å². The third kappa shape index (κ3) is 3.45. The summed E-state index contributed by atoms with van der Waals surface area (Å²) in [7, 11) is -4.58. The molecule has 0 heterocycles. The van der Waals surface area contributed by atoms with E-state index in [1.165, 1.54) is 0 Å². The summed E-state index contributed by atoms with van der Waals surface area (Å²) in [4.78, 5) is 3.78. The maximum atomic E-state index is 10.8. The highest BCUT2D eigenvalue weighted by atomic mass is 35.7. The number of nitrogens with zero attached hydrogens (tertiary/aromatic N) is 2. The molecule has 6 nitrogen and oxygen atoms in total. The second-order valence-electron chi connectivity index (χ2n) is 4.09. The number of rotatable bonds is 8. The Morgan fingerprint density at radius 3 is 1.47 bits per heavy atom. The molecule has 8 heteroatoms. The van der Waals surface area contributed by atoms with Crippen LogP contribution < -0.4 is 14.0 Å². The smallest absolute Gasteiger partial charge is 0.370 e. The van der Waals surface area contributed by atoms with E-state index in [1.807, 2.05) is 37.5 Å². The van der Waals surface area contributed by atoms with Crippen LogP contribution in [0, 0.1) is 10.2 Å². The van der Waals surface area contributed by atoms with Gasteiger partial charge in [-0.25, -0.2) is 0 Å². The first-order valence-corrected chi connectivity index (χ1v) is 7.91. The molecule has 0 N–H and O–H groups in total. The summed E-state index contributed by atoms with van der Waals surface area (Å²) >= 11 is 6.20. The summed E-state index contributed by atoms with van der Waals surface area (Å²) in [5.41, 5.74) is 1.13. The van der Waals surface area contributed by atoms with Gasteiger partial charge in [-0.2, -0.15) is 14.0 Å². The van der Waals surface area contributed by atoms with Gasteiger partial charge in [-0.3, -0.25) is 0 Å². The molecular formula is C11H20Cl2N2O4. The second kappa shape index (κ2) is 6.03. The Balaban J connectivity index is 3.02. The van der Waals surface area contributed by atoms with Crippen LogP contribution in [0.5, 0.6) is 0 Å². The SMILES string of the molecule is CCN(CC)C1=C(N(CC)CC)C1(Cl)O[Cl+3]([O-])([O-])[O-]. The average Bonchev–Trinajstić information content (AvgIpc) is 2.86. The maximum Gasteiger partial charge on any atom is 0.379 e. The monoisotopic (exact) mass is 314 g/mol. The molecule has 0 unspecified atom stereocenters. The van der Waals surface area contributed by atoms with Crippen LogP contribution in [0.1, 0.15) is 27.7 Å². The number of halogens is 2. The van der Waals surface area contributed by atoms with Crippen LogP contribution in [-0.4, -0.2) is 41.0 Å². The van der Waals surface area contributed by atoms with Crippen molar-refractivity contribution < 1.29 is 28.5 Å². The van der Waals surface area contributed by atoms with Crippen LogP contribution in [0.3, 0.4) is 0 Å². The first kappa shape index (κ1) is 16.8. The fraction of sp³-hybridized carbons (Fsp3) is 0.818. The highest BCUT2D eigenvalue weighted by Gasteiger charge is 2.69. The van der Waals surface area contributed by atoms with Crippen molar-refractivity contribution in [1.82, 2.24) is 9.80 Å². The van der Waals surface area contributed by atoms with Crippen molar-refractivity contribution in [3.8, 4) is 0 Å². The van der Waals surface area contributed by atoms with Gasteiger partial charge in [0.2, 0.25) is 0 Å². The van der Waals surface area contributed by atoms with Crippen LogP contribution in [0.25, 0.3) is 0 Å². The molecule has 19 heavy (non-hydrogen) atoms. The Labute approximate surface area is 120 Å². The summed E-state index contributed by atoms with van der Waals surface area (Å²) in [6, 6.07) is 0. The summed E-state index contributed by atoms with van der Waals surface area (Å²) in [5.74, 6) is 0. The molecule has 0 aliphatic heterocycles. The molecule has 1 aliphatic rings. The van der Waals surface area contributed by atoms with E-state index in [0.717, 1.165) is 0 Å². The lowest BCUT2D eigenvalue weighted by atomic mass is 10.5. The van der Waals surface area contributed by atoms with E-state index >= 15 is 0 Å². The minimum Gasteiger partial charge on any atom is -0.370 e. The number of hydrogen-bond acceptors (Lipinski definition) is 6. The molecule has 1 aliphatic carbocycles. The lowest BCUT2D eigenvalue weighted by Gasteiger charge is -2.21. The molecule has 0 saturated heterocycles. The highest BCUT2D eigenvalue weighted by molar-refractivity contribution is 6.30. The van der Waals surface area contributed by atoms with Gasteiger partial charge in [-0.1, -0.05) is 11.6 Å². The Morgan fingerprint density at radius 1 is 0.947 bits per heavy atom. The van der Waals surface area contributed by atoms with Gasteiger partial charge in [0, 0.05) is 26.2 Å². The molecule has 0 amide bonds. The first-order valence-electron chi connectivity index (χ1n) is 6.30. The lowest BCUT2D eigenvalue weighted by Crippen LogP contribution is -2.63. The molecule has 0 aromatic carbocycles. The third-order valence-corrected chi connectivity index (χ3v) is 4.07. The molecule has 112 valence electrons. The van der Waals surface area contributed by atoms with Crippen molar-refractivity contribution in [2.45, 2.75) is 32.8 Å². The zero-order chi connectivity index (χ0) is 14.8. The minimum atomic E-state index is -4.58. The van der Waals surface area contributed by atoms with Crippen molar-refractivity contribution in [2.24, 2.45) is 0 Å². The molecule has 0 atom stereocenters. The van der Waals surface area contributed by atoms with E-state index in [9.17, 15) is 14.0 Å². The molecular weight excluding hydrogens is 295 g/mol. The Morgan fingerprint density at radius 2 is 1.26 bits per heavy atom. The zero-order valence-corrected chi connectivity index (χ0v) is 13.1. The number of likely N-dealkylation sites (N-methyl/N-ethyl adjacent to an activating group) is 2. The number of hydrogen-bond donors (Lipinski definition) is 0. The van der Waals surface area contributed by atoms with Gasteiger partial charge in [-0.15, -0.1) is 0 Å². The van der Waals surface area contributed by atoms with Gasteiger partial charge in [0.05, 0.1) is 10.2 Å². The molecule has 0 spiro atoms. The molecule has 0 aromatic rings. The van der Waals surface area contributed by atoms with Crippen LogP contribution in [0.2, 0.25) is 0 Å². The van der Waals surface area contributed by atoms with Crippen LogP contribution in [-0.2, 0) is 4.29 Å². The molecule has 0 fully saturated rings. The average molecular weight is 315 g/mol. The Bertz CT molecular complexity index is 327. The summed E-state index contributed by atoms with van der Waals surface area (Å²) in [6.07, 6.45) is 0. The van der Waals surface area contributed by atoms with E-state index in [4.69, 9.17) is 11.6 Å². The quantitative estimate of drug-likeness (QED) is 0.520. The molecule has 1 rings (SSSR count). The molecule has 0 aromatic heterocycles. The van der Waals surface area contributed by atoms with Gasteiger partial charge in [0.25, 0.3) is 0 Å². The molecule has 0 bridgehead atoms. The summed E-state index contributed by atoms with van der Waals surface area (Å²) < 4.78 is 37.0. The topological polar surface area (TPSA) is 84.9 Å². The van der Waals surface area contributed by atoms with Crippen LogP contribution in [0.15, 0.2) is 11.4 Å². The Hall–Kier alpha value is -0.240. The van der Waals surface area contributed by atoms with Crippen LogP contribution >= 0.6 is 11.6 Å². The van der Waals surface area contributed by atoms with Crippen molar-refractivity contribution in [1.29, 1.82) is 0 Å². The van der Waals surface area contributed by atoms with Gasteiger partial charge in [-0.05, 0) is 27.7 Å². The normalized spacial score (nSPS) is 17.7. The van der Waals surface area contributed by atoms with Gasteiger partial charge < -0.3 is 9.80 Å². The van der Waals surface area contributed by atoms with Crippen molar-refractivity contribution in [2.75, 3.05) is 26.2 Å². The first-order chi connectivity index (χ1) is 8.75. The van der Waals surface area contributed by atoms with Gasteiger partial charge in [0.15, 0.2) is 0 Å². The van der Waals surface area contributed by atoms with Crippen LogP contribution in [0.4, 0.5) is 0 Å². The Kier molecular flexibility index (Phi) is 5.34. The summed E-state index contributed by atoms with van der Waals surface area (Å²) in [5, 5.41) is -1.64. The van der Waals surface area contributed by atoms with E-state index in [1.54, 1.807) is 0 Å². The fourth-order valence-electron chi connectivity index (χ4n) is 2.21. The molecule has 0 saturated carbocycles. The van der Waals surface area contributed by atoms with Crippen molar-refractivity contribution in [3.05, 3.63) is 11.4 Å². The van der Waals surface area contributed by atoms with E-state index in [-0.39, 0.29) is 0 Å².